The van der Waals surface area contributed by atoms with Crippen LogP contribution in [0.2, 0.25) is 0 Å². The molecule has 23 heavy (non-hydrogen) atoms. The molecule has 0 radical (unpaired) electrons. The van der Waals surface area contributed by atoms with Gasteiger partial charge in [0, 0.05) is 12.1 Å². The zero-order valence-electron chi connectivity index (χ0n) is 16.7. The molecule has 0 saturated carbocycles. The minimum Gasteiger partial charge on any atom is -0.308 e. The molecule has 0 rings (SSSR count). The summed E-state index contributed by atoms with van der Waals surface area (Å²) < 4.78 is 0. The smallest absolute Gasteiger partial charge is 0.0284 e. The summed E-state index contributed by atoms with van der Waals surface area (Å²) >= 11 is 0. The van der Waals surface area contributed by atoms with E-state index in [1.807, 2.05) is 0 Å². The molecule has 1 heteroatoms. The summed E-state index contributed by atoms with van der Waals surface area (Å²) in [6.45, 7) is 25.9. The van der Waals surface area contributed by atoms with Gasteiger partial charge >= 0.3 is 0 Å². The van der Waals surface area contributed by atoms with Gasteiger partial charge in [0.2, 0.25) is 0 Å². The van der Waals surface area contributed by atoms with Gasteiger partial charge in [-0.3, -0.25) is 0 Å². The highest BCUT2D eigenvalue weighted by atomic mass is 14.9. The lowest BCUT2D eigenvalue weighted by Crippen LogP contribution is -2.40. The Labute approximate surface area is 146 Å². The van der Waals surface area contributed by atoms with E-state index in [0.717, 1.165) is 19.3 Å². The lowest BCUT2D eigenvalue weighted by Gasteiger charge is -2.30. The summed E-state index contributed by atoms with van der Waals surface area (Å²) in [5.41, 5.74) is 3.88. The Morgan fingerprint density at radius 2 is 1.52 bits per heavy atom. The molecule has 1 N–H and O–H groups in total. The largest absolute Gasteiger partial charge is 0.308 e. The number of allylic oxidation sites excluding steroid dienone is 2. The number of nitrogens with one attached hydrogen (secondary N) is 1. The molecule has 0 aromatic heterocycles. The molecule has 3 atom stereocenters. The van der Waals surface area contributed by atoms with Gasteiger partial charge in [0.15, 0.2) is 0 Å². The Balaban J connectivity index is 4.50. The van der Waals surface area contributed by atoms with Gasteiger partial charge in [0.25, 0.3) is 0 Å². The van der Waals surface area contributed by atoms with Crippen molar-refractivity contribution < 1.29 is 0 Å². The standard InChI is InChI=1S/C22H41N/c1-16(2)12-10-11-13-20(8)23-22(15-18(5)6)21(9)19(7)14-17(3)4/h18-20,22-23H,1,3,9-15H2,2,4-8H3. The number of hydrogen-bond acceptors (Lipinski definition) is 1. The van der Waals surface area contributed by atoms with Crippen LogP contribution in [0.15, 0.2) is 36.5 Å². The second-order valence-electron chi connectivity index (χ2n) is 8.09. The minimum absolute atomic E-state index is 0.417. The van der Waals surface area contributed by atoms with E-state index in [0.29, 0.717) is 23.9 Å². The average molecular weight is 320 g/mol. The summed E-state index contributed by atoms with van der Waals surface area (Å²) in [6, 6.07) is 0.957. The molecule has 0 bridgehead atoms. The van der Waals surface area contributed by atoms with Crippen molar-refractivity contribution in [3.8, 4) is 0 Å². The Bertz CT molecular complexity index is 377. The minimum atomic E-state index is 0.417. The van der Waals surface area contributed by atoms with Gasteiger partial charge in [0.1, 0.15) is 0 Å². The average Bonchev–Trinajstić information content (AvgIpc) is 2.40. The summed E-state index contributed by atoms with van der Waals surface area (Å²) in [6.07, 6.45) is 7.11. The number of rotatable bonds is 13. The van der Waals surface area contributed by atoms with E-state index in [2.05, 4.69) is 66.6 Å². The van der Waals surface area contributed by atoms with Crippen molar-refractivity contribution >= 4 is 0 Å². The van der Waals surface area contributed by atoms with Crippen molar-refractivity contribution in [3.63, 3.8) is 0 Å². The fourth-order valence-electron chi connectivity index (χ4n) is 3.10. The SMILES string of the molecule is C=C(C)CCCCC(C)NC(CC(C)C)C(=C)C(C)CC(=C)C. The van der Waals surface area contributed by atoms with Crippen LogP contribution in [0.25, 0.3) is 0 Å². The van der Waals surface area contributed by atoms with Crippen molar-refractivity contribution in [1.82, 2.24) is 5.32 Å². The second-order valence-corrected chi connectivity index (χ2v) is 8.09. The van der Waals surface area contributed by atoms with E-state index >= 15 is 0 Å². The van der Waals surface area contributed by atoms with Gasteiger partial charge < -0.3 is 5.32 Å². The first kappa shape index (κ1) is 22.2. The van der Waals surface area contributed by atoms with Crippen LogP contribution in [0.1, 0.15) is 80.1 Å². The second kappa shape index (κ2) is 11.7. The Morgan fingerprint density at radius 1 is 0.913 bits per heavy atom. The molecule has 0 aromatic rings. The maximum Gasteiger partial charge on any atom is 0.0284 e. The highest BCUT2D eigenvalue weighted by Crippen LogP contribution is 2.24. The molecule has 0 heterocycles. The van der Waals surface area contributed by atoms with Gasteiger partial charge in [0.05, 0.1) is 0 Å². The van der Waals surface area contributed by atoms with Gasteiger partial charge in [-0.05, 0) is 64.7 Å². The third kappa shape index (κ3) is 11.4. The van der Waals surface area contributed by atoms with Crippen LogP contribution in [0.4, 0.5) is 0 Å². The number of unbranched alkanes of at least 4 members (excludes halogenated alkanes) is 1. The molecule has 0 fully saturated rings. The third-order valence-corrected chi connectivity index (χ3v) is 4.42. The summed E-state index contributed by atoms with van der Waals surface area (Å²) in [7, 11) is 0. The van der Waals surface area contributed by atoms with E-state index in [-0.39, 0.29) is 0 Å². The van der Waals surface area contributed by atoms with Crippen LogP contribution in [0, 0.1) is 11.8 Å². The summed E-state index contributed by atoms with van der Waals surface area (Å²) in [4.78, 5) is 0. The normalized spacial score (nSPS) is 15.3. The predicted molar refractivity (Wildman–Crippen MR) is 107 cm³/mol. The van der Waals surface area contributed by atoms with Crippen LogP contribution >= 0.6 is 0 Å². The lowest BCUT2D eigenvalue weighted by atomic mass is 9.86. The molecule has 1 nitrogen and oxygen atoms in total. The first-order valence-corrected chi connectivity index (χ1v) is 9.36. The first-order chi connectivity index (χ1) is 10.6. The summed E-state index contributed by atoms with van der Waals surface area (Å²) in [5.74, 6) is 1.18. The van der Waals surface area contributed by atoms with Crippen molar-refractivity contribution in [2.45, 2.75) is 92.2 Å². The van der Waals surface area contributed by atoms with Crippen molar-refractivity contribution in [3.05, 3.63) is 36.5 Å². The zero-order chi connectivity index (χ0) is 18.0. The molecule has 134 valence electrons. The van der Waals surface area contributed by atoms with Gasteiger partial charge in [-0.25, -0.2) is 0 Å². The van der Waals surface area contributed by atoms with Crippen molar-refractivity contribution in [1.29, 1.82) is 0 Å². The highest BCUT2D eigenvalue weighted by Gasteiger charge is 2.20. The molecular formula is C22H41N. The fourth-order valence-corrected chi connectivity index (χ4v) is 3.10. The lowest BCUT2D eigenvalue weighted by molar-refractivity contribution is 0.377. The van der Waals surface area contributed by atoms with E-state index < -0.39 is 0 Å². The van der Waals surface area contributed by atoms with E-state index in [9.17, 15) is 0 Å². The quantitative estimate of drug-likeness (QED) is 0.295. The Morgan fingerprint density at radius 3 is 2.00 bits per heavy atom. The van der Waals surface area contributed by atoms with Crippen LogP contribution in [0.3, 0.4) is 0 Å². The van der Waals surface area contributed by atoms with Gasteiger partial charge in [-0.15, -0.1) is 13.2 Å². The fraction of sp³-hybridized carbons (Fsp3) is 0.727. The van der Waals surface area contributed by atoms with E-state index in [1.54, 1.807) is 0 Å². The Hall–Kier alpha value is -0.820. The molecule has 0 amide bonds. The van der Waals surface area contributed by atoms with Crippen LogP contribution in [0.5, 0.6) is 0 Å². The molecular weight excluding hydrogens is 278 g/mol. The zero-order valence-corrected chi connectivity index (χ0v) is 16.7. The molecule has 0 aliphatic rings. The predicted octanol–water partition coefficient (Wildman–Crippen LogP) is 6.67. The topological polar surface area (TPSA) is 12.0 Å². The molecule has 3 unspecified atom stereocenters. The highest BCUT2D eigenvalue weighted by molar-refractivity contribution is 5.12. The van der Waals surface area contributed by atoms with Crippen LogP contribution < -0.4 is 5.32 Å². The molecule has 0 aromatic carbocycles. The Kier molecular flexibility index (Phi) is 11.3. The summed E-state index contributed by atoms with van der Waals surface area (Å²) in [5, 5.41) is 3.84. The van der Waals surface area contributed by atoms with E-state index in [4.69, 9.17) is 0 Å². The first-order valence-electron chi connectivity index (χ1n) is 9.36. The maximum atomic E-state index is 4.42. The third-order valence-electron chi connectivity index (χ3n) is 4.42. The van der Waals surface area contributed by atoms with Gasteiger partial charge in [-0.1, -0.05) is 50.5 Å². The van der Waals surface area contributed by atoms with Crippen LogP contribution in [-0.2, 0) is 0 Å². The van der Waals surface area contributed by atoms with E-state index in [1.165, 1.54) is 36.0 Å². The molecule has 0 spiro atoms. The van der Waals surface area contributed by atoms with Crippen LogP contribution in [-0.4, -0.2) is 12.1 Å². The maximum absolute atomic E-state index is 4.42. The van der Waals surface area contributed by atoms with Crippen molar-refractivity contribution in [2.75, 3.05) is 0 Å². The monoisotopic (exact) mass is 319 g/mol. The molecule has 0 aliphatic carbocycles. The van der Waals surface area contributed by atoms with Crippen molar-refractivity contribution in [2.24, 2.45) is 11.8 Å². The molecule has 0 saturated heterocycles. The molecule has 0 aliphatic heterocycles. The number of hydrogen-bond donors (Lipinski definition) is 1. The van der Waals surface area contributed by atoms with Gasteiger partial charge in [-0.2, -0.15) is 0 Å².